The predicted octanol–water partition coefficient (Wildman–Crippen LogP) is 1.70. The lowest BCUT2D eigenvalue weighted by molar-refractivity contribution is -0.123. The van der Waals surface area contributed by atoms with Gasteiger partial charge in [-0.05, 0) is 25.1 Å². The Bertz CT molecular complexity index is 425. The molecule has 1 amide bonds. The number of carbonyl (C=O) groups is 1. The summed E-state index contributed by atoms with van der Waals surface area (Å²) in [6.07, 6.45) is -0.0974. The Balaban J connectivity index is 2.32. The predicted molar refractivity (Wildman–Crippen MR) is 81.7 cm³/mol. The molecule has 0 aliphatic heterocycles. The van der Waals surface area contributed by atoms with Crippen LogP contribution in [0.3, 0.4) is 0 Å². The lowest BCUT2D eigenvalue weighted by atomic mass is 10.2. The number of halogens is 1. The first-order valence-corrected chi connectivity index (χ1v) is 7.26. The Labute approximate surface area is 127 Å². The Morgan fingerprint density at radius 2 is 2.25 bits per heavy atom. The number of rotatable bonds is 8. The fraction of sp³-hybridized carbons (Fsp3) is 0.500. The molecule has 0 aliphatic carbocycles. The van der Waals surface area contributed by atoms with Crippen LogP contribution in [0.1, 0.15) is 13.3 Å². The van der Waals surface area contributed by atoms with E-state index in [1.165, 1.54) is 0 Å². The number of nitrogens with one attached hydrogen (secondary N) is 1. The van der Waals surface area contributed by atoms with Crippen LogP contribution in [0.4, 0.5) is 0 Å². The molecular formula is C14H21BrN2O3. The summed E-state index contributed by atoms with van der Waals surface area (Å²) in [7, 11) is 1.55. The zero-order valence-electron chi connectivity index (χ0n) is 11.8. The SMILES string of the molecule is COC(CN)CC(=O)NCC(C)Oc1cccc(Br)c1. The van der Waals surface area contributed by atoms with E-state index >= 15 is 0 Å². The van der Waals surface area contributed by atoms with E-state index in [0.717, 1.165) is 10.2 Å². The minimum atomic E-state index is -0.240. The lowest BCUT2D eigenvalue weighted by Crippen LogP contribution is -2.37. The summed E-state index contributed by atoms with van der Waals surface area (Å²) in [5.41, 5.74) is 5.47. The zero-order valence-corrected chi connectivity index (χ0v) is 13.4. The number of carbonyl (C=O) groups excluding carboxylic acids is 1. The van der Waals surface area contributed by atoms with Crippen LogP contribution in [-0.2, 0) is 9.53 Å². The van der Waals surface area contributed by atoms with E-state index in [4.69, 9.17) is 15.2 Å². The van der Waals surface area contributed by atoms with Crippen molar-refractivity contribution in [1.82, 2.24) is 5.32 Å². The number of methoxy groups -OCH3 is 1. The van der Waals surface area contributed by atoms with Gasteiger partial charge in [-0.1, -0.05) is 22.0 Å². The normalized spacial score (nSPS) is 13.6. The molecule has 0 fully saturated rings. The van der Waals surface area contributed by atoms with Gasteiger partial charge in [0.2, 0.25) is 5.91 Å². The van der Waals surface area contributed by atoms with Gasteiger partial charge in [-0.2, -0.15) is 0 Å². The van der Waals surface area contributed by atoms with E-state index in [1.54, 1.807) is 7.11 Å². The summed E-state index contributed by atoms with van der Waals surface area (Å²) < 4.78 is 11.7. The van der Waals surface area contributed by atoms with Gasteiger partial charge in [-0.3, -0.25) is 4.79 Å². The summed E-state index contributed by atoms with van der Waals surface area (Å²) in [5, 5.41) is 2.81. The standard InChI is InChI=1S/C14H21BrN2O3/c1-10(20-12-5-3-4-11(15)6-12)9-17-14(18)7-13(8-16)19-2/h3-6,10,13H,7-9,16H2,1-2H3,(H,17,18). The molecule has 0 radical (unpaired) electrons. The average Bonchev–Trinajstić information content (AvgIpc) is 2.42. The van der Waals surface area contributed by atoms with E-state index in [2.05, 4.69) is 21.2 Å². The molecule has 3 N–H and O–H groups in total. The maximum absolute atomic E-state index is 11.7. The molecule has 6 heteroatoms. The highest BCUT2D eigenvalue weighted by Gasteiger charge is 2.12. The molecule has 0 spiro atoms. The summed E-state index contributed by atoms with van der Waals surface area (Å²) in [5.74, 6) is 0.671. The number of hydrogen-bond acceptors (Lipinski definition) is 4. The average molecular weight is 345 g/mol. The highest BCUT2D eigenvalue weighted by Crippen LogP contribution is 2.18. The first-order valence-electron chi connectivity index (χ1n) is 6.47. The van der Waals surface area contributed by atoms with Crippen molar-refractivity contribution in [2.24, 2.45) is 5.73 Å². The number of ether oxygens (including phenoxy) is 2. The van der Waals surface area contributed by atoms with Crippen molar-refractivity contribution in [2.75, 3.05) is 20.2 Å². The van der Waals surface area contributed by atoms with Crippen LogP contribution in [0.25, 0.3) is 0 Å². The molecule has 1 aromatic carbocycles. The Kier molecular flexibility index (Phi) is 7.58. The molecule has 0 aromatic heterocycles. The number of nitrogens with two attached hydrogens (primary N) is 1. The summed E-state index contributed by atoms with van der Waals surface area (Å²) in [6, 6.07) is 7.58. The van der Waals surface area contributed by atoms with Crippen LogP contribution in [0.15, 0.2) is 28.7 Å². The topological polar surface area (TPSA) is 73.6 Å². The molecule has 0 aliphatic rings. The van der Waals surface area contributed by atoms with Crippen LogP contribution >= 0.6 is 15.9 Å². The van der Waals surface area contributed by atoms with E-state index in [0.29, 0.717) is 13.1 Å². The minimum absolute atomic E-state index is 0.0907. The van der Waals surface area contributed by atoms with Crippen molar-refractivity contribution >= 4 is 21.8 Å². The fourth-order valence-electron chi connectivity index (χ4n) is 1.61. The van der Waals surface area contributed by atoms with Gasteiger partial charge in [0.1, 0.15) is 11.9 Å². The molecule has 0 saturated heterocycles. The maximum atomic E-state index is 11.7. The maximum Gasteiger partial charge on any atom is 0.222 e. The second-order valence-electron chi connectivity index (χ2n) is 4.49. The van der Waals surface area contributed by atoms with Gasteiger partial charge < -0.3 is 20.5 Å². The van der Waals surface area contributed by atoms with E-state index in [1.807, 2.05) is 31.2 Å². The molecule has 20 heavy (non-hydrogen) atoms. The van der Waals surface area contributed by atoms with Crippen molar-refractivity contribution in [3.63, 3.8) is 0 Å². The number of hydrogen-bond donors (Lipinski definition) is 2. The third-order valence-corrected chi connectivity index (χ3v) is 3.22. The van der Waals surface area contributed by atoms with E-state index in [-0.39, 0.29) is 24.5 Å². The molecule has 2 atom stereocenters. The van der Waals surface area contributed by atoms with Gasteiger partial charge in [-0.25, -0.2) is 0 Å². The molecule has 0 saturated carbocycles. The molecule has 2 unspecified atom stereocenters. The molecule has 5 nitrogen and oxygen atoms in total. The van der Waals surface area contributed by atoms with Crippen molar-refractivity contribution in [3.8, 4) is 5.75 Å². The fourth-order valence-corrected chi connectivity index (χ4v) is 1.99. The van der Waals surface area contributed by atoms with Crippen LogP contribution in [-0.4, -0.2) is 38.3 Å². The molecule has 112 valence electrons. The smallest absolute Gasteiger partial charge is 0.222 e. The highest BCUT2D eigenvalue weighted by atomic mass is 79.9. The minimum Gasteiger partial charge on any atom is -0.489 e. The molecule has 0 bridgehead atoms. The lowest BCUT2D eigenvalue weighted by Gasteiger charge is -2.17. The number of benzene rings is 1. The Hall–Kier alpha value is -1.11. The number of amides is 1. The summed E-state index contributed by atoms with van der Waals surface area (Å²) in [4.78, 5) is 11.7. The highest BCUT2D eigenvalue weighted by molar-refractivity contribution is 9.10. The van der Waals surface area contributed by atoms with Crippen LogP contribution in [0.5, 0.6) is 5.75 Å². The van der Waals surface area contributed by atoms with Crippen molar-refractivity contribution in [2.45, 2.75) is 25.6 Å². The van der Waals surface area contributed by atoms with Crippen molar-refractivity contribution in [1.29, 1.82) is 0 Å². The molecular weight excluding hydrogens is 324 g/mol. The molecule has 1 rings (SSSR count). The van der Waals surface area contributed by atoms with Gasteiger partial charge in [0, 0.05) is 18.1 Å². The zero-order chi connectivity index (χ0) is 15.0. The molecule has 1 aromatic rings. The van der Waals surface area contributed by atoms with E-state index < -0.39 is 0 Å². The van der Waals surface area contributed by atoms with Gasteiger partial charge in [0.25, 0.3) is 0 Å². The summed E-state index contributed by atoms with van der Waals surface area (Å²) in [6.45, 7) is 2.66. The Morgan fingerprint density at radius 1 is 1.50 bits per heavy atom. The second kappa shape index (κ2) is 8.94. The first-order chi connectivity index (χ1) is 9.55. The van der Waals surface area contributed by atoms with Crippen molar-refractivity contribution in [3.05, 3.63) is 28.7 Å². The largest absolute Gasteiger partial charge is 0.489 e. The molecule has 0 heterocycles. The second-order valence-corrected chi connectivity index (χ2v) is 5.40. The van der Waals surface area contributed by atoms with Gasteiger partial charge in [0.05, 0.1) is 19.1 Å². The van der Waals surface area contributed by atoms with Crippen molar-refractivity contribution < 1.29 is 14.3 Å². The van der Waals surface area contributed by atoms with Crippen LogP contribution < -0.4 is 15.8 Å². The quantitative estimate of drug-likeness (QED) is 0.752. The first kappa shape index (κ1) is 16.9. The Morgan fingerprint density at radius 3 is 2.85 bits per heavy atom. The van der Waals surface area contributed by atoms with Crippen LogP contribution in [0, 0.1) is 0 Å². The summed E-state index contributed by atoms with van der Waals surface area (Å²) >= 11 is 3.38. The van der Waals surface area contributed by atoms with Crippen LogP contribution in [0.2, 0.25) is 0 Å². The monoisotopic (exact) mass is 344 g/mol. The third kappa shape index (κ3) is 6.36. The van der Waals surface area contributed by atoms with Gasteiger partial charge in [0.15, 0.2) is 0 Å². The van der Waals surface area contributed by atoms with Gasteiger partial charge >= 0.3 is 0 Å². The van der Waals surface area contributed by atoms with E-state index in [9.17, 15) is 4.79 Å². The third-order valence-electron chi connectivity index (χ3n) is 2.73. The van der Waals surface area contributed by atoms with Gasteiger partial charge in [-0.15, -0.1) is 0 Å².